The topological polar surface area (TPSA) is 94.3 Å². The van der Waals surface area contributed by atoms with E-state index in [9.17, 15) is 9.59 Å². The first-order valence-corrected chi connectivity index (χ1v) is 8.06. The fraction of sp³-hybridized carbons (Fsp3) is 0.250. The predicted octanol–water partition coefficient (Wildman–Crippen LogP) is 2.67. The van der Waals surface area contributed by atoms with Crippen molar-refractivity contribution in [2.24, 2.45) is 0 Å². The van der Waals surface area contributed by atoms with Crippen LogP contribution in [0.3, 0.4) is 0 Å². The number of benzene rings is 1. The maximum absolute atomic E-state index is 12.1. The van der Waals surface area contributed by atoms with Crippen LogP contribution in [-0.2, 0) is 4.79 Å². The van der Waals surface area contributed by atoms with Gasteiger partial charge in [0.05, 0.1) is 0 Å². The summed E-state index contributed by atoms with van der Waals surface area (Å²) >= 11 is 1.29. The van der Waals surface area contributed by atoms with Crippen LogP contribution < -0.4 is 15.7 Å². The summed E-state index contributed by atoms with van der Waals surface area (Å²) in [5.74, 6) is 0.101. The van der Waals surface area contributed by atoms with Crippen molar-refractivity contribution >= 4 is 33.3 Å². The molecule has 0 aliphatic carbocycles. The average Bonchev–Trinajstić information content (AvgIpc) is 2.91. The van der Waals surface area contributed by atoms with Gasteiger partial charge in [0.1, 0.15) is 16.3 Å². The highest BCUT2D eigenvalue weighted by molar-refractivity contribution is 7.15. The SMILES string of the molecule is Cc1nnc(NC(=O)[C@H](C)Oc2ccc3c(C)cc(=O)oc3c2)s1. The number of aromatic nitrogens is 2. The number of nitrogens with zero attached hydrogens (tertiary/aromatic N) is 2. The van der Waals surface area contributed by atoms with Gasteiger partial charge in [-0.25, -0.2) is 4.79 Å². The first kappa shape index (κ1) is 16.1. The van der Waals surface area contributed by atoms with Crippen molar-refractivity contribution in [3.63, 3.8) is 0 Å². The summed E-state index contributed by atoms with van der Waals surface area (Å²) < 4.78 is 10.8. The Kier molecular flexibility index (Phi) is 4.30. The molecule has 3 rings (SSSR count). The second-order valence-corrected chi connectivity index (χ2v) is 6.46. The van der Waals surface area contributed by atoms with Gasteiger partial charge >= 0.3 is 5.63 Å². The molecule has 7 nitrogen and oxygen atoms in total. The Balaban J connectivity index is 1.76. The lowest BCUT2D eigenvalue weighted by molar-refractivity contribution is -0.122. The highest BCUT2D eigenvalue weighted by atomic mass is 32.1. The van der Waals surface area contributed by atoms with E-state index in [1.54, 1.807) is 32.0 Å². The number of anilines is 1. The third-order valence-corrected chi connectivity index (χ3v) is 4.12. The van der Waals surface area contributed by atoms with Crippen molar-refractivity contribution in [3.05, 3.63) is 45.3 Å². The van der Waals surface area contributed by atoms with Gasteiger partial charge in [0, 0.05) is 17.5 Å². The molecular formula is C16H15N3O4S. The van der Waals surface area contributed by atoms with Gasteiger partial charge in [0.15, 0.2) is 6.10 Å². The van der Waals surface area contributed by atoms with Crippen molar-refractivity contribution in [1.29, 1.82) is 0 Å². The minimum Gasteiger partial charge on any atom is -0.481 e. The van der Waals surface area contributed by atoms with Crippen molar-refractivity contribution in [3.8, 4) is 5.75 Å². The van der Waals surface area contributed by atoms with E-state index in [4.69, 9.17) is 9.15 Å². The summed E-state index contributed by atoms with van der Waals surface area (Å²) in [7, 11) is 0. The number of nitrogens with one attached hydrogen (secondary N) is 1. The monoisotopic (exact) mass is 345 g/mol. The fourth-order valence-electron chi connectivity index (χ4n) is 2.19. The third-order valence-electron chi connectivity index (χ3n) is 3.36. The molecule has 0 aliphatic heterocycles. The number of rotatable bonds is 4. The van der Waals surface area contributed by atoms with E-state index < -0.39 is 11.7 Å². The zero-order valence-corrected chi connectivity index (χ0v) is 14.1. The second kappa shape index (κ2) is 6.40. The zero-order chi connectivity index (χ0) is 17.3. The van der Waals surface area contributed by atoms with Crippen LogP contribution in [0.1, 0.15) is 17.5 Å². The summed E-state index contributed by atoms with van der Waals surface area (Å²) in [6.07, 6.45) is -0.747. The quantitative estimate of drug-likeness (QED) is 0.731. The molecule has 24 heavy (non-hydrogen) atoms. The van der Waals surface area contributed by atoms with Gasteiger partial charge in [-0.1, -0.05) is 11.3 Å². The zero-order valence-electron chi connectivity index (χ0n) is 13.3. The number of fused-ring (bicyclic) bond motifs is 1. The maximum atomic E-state index is 12.1. The van der Waals surface area contributed by atoms with E-state index in [-0.39, 0.29) is 5.91 Å². The largest absolute Gasteiger partial charge is 0.481 e. The third kappa shape index (κ3) is 3.43. The summed E-state index contributed by atoms with van der Waals surface area (Å²) in [5, 5.41) is 12.3. The van der Waals surface area contributed by atoms with Crippen molar-refractivity contribution in [1.82, 2.24) is 10.2 Å². The van der Waals surface area contributed by atoms with Crippen LogP contribution in [0.15, 0.2) is 33.5 Å². The molecule has 124 valence electrons. The number of amides is 1. The van der Waals surface area contributed by atoms with E-state index in [0.717, 1.165) is 16.0 Å². The molecule has 1 atom stereocenters. The lowest BCUT2D eigenvalue weighted by atomic mass is 10.1. The number of hydrogen-bond donors (Lipinski definition) is 1. The van der Waals surface area contributed by atoms with Crippen LogP contribution in [0, 0.1) is 13.8 Å². The Morgan fingerprint density at radius 2 is 2.08 bits per heavy atom. The van der Waals surface area contributed by atoms with Crippen LogP contribution in [0.5, 0.6) is 5.75 Å². The van der Waals surface area contributed by atoms with Gasteiger partial charge in [0.2, 0.25) is 5.13 Å². The fourth-order valence-corrected chi connectivity index (χ4v) is 2.79. The normalized spacial score (nSPS) is 12.1. The van der Waals surface area contributed by atoms with E-state index in [1.165, 1.54) is 17.4 Å². The first-order valence-electron chi connectivity index (χ1n) is 7.24. The smallest absolute Gasteiger partial charge is 0.336 e. The molecule has 1 amide bonds. The van der Waals surface area contributed by atoms with Gasteiger partial charge in [-0.3, -0.25) is 10.1 Å². The van der Waals surface area contributed by atoms with Crippen LogP contribution in [-0.4, -0.2) is 22.2 Å². The van der Waals surface area contributed by atoms with Crippen LogP contribution in [0.2, 0.25) is 0 Å². The minimum absolute atomic E-state index is 0.336. The molecular weight excluding hydrogens is 330 g/mol. The summed E-state index contributed by atoms with van der Waals surface area (Å²) in [4.78, 5) is 23.6. The van der Waals surface area contributed by atoms with E-state index >= 15 is 0 Å². The van der Waals surface area contributed by atoms with Crippen LogP contribution in [0.25, 0.3) is 11.0 Å². The molecule has 3 aromatic rings. The lowest BCUT2D eigenvalue weighted by Gasteiger charge is -2.14. The summed E-state index contributed by atoms with van der Waals surface area (Å²) in [6, 6.07) is 6.56. The molecule has 2 heterocycles. The number of ether oxygens (including phenoxy) is 1. The number of aryl methyl sites for hydroxylation is 2. The van der Waals surface area contributed by atoms with Crippen molar-refractivity contribution < 1.29 is 13.9 Å². The number of hydrogen-bond acceptors (Lipinski definition) is 7. The molecule has 0 fully saturated rings. The standard InChI is InChI=1S/C16H15N3O4S/c1-8-6-14(20)23-13-7-11(4-5-12(8)13)22-9(2)15(21)17-16-19-18-10(3)24-16/h4-7,9H,1-3H3,(H,17,19,21)/t9-/m0/s1. The Morgan fingerprint density at radius 1 is 1.29 bits per heavy atom. The van der Waals surface area contributed by atoms with E-state index in [1.807, 2.05) is 6.92 Å². The highest BCUT2D eigenvalue weighted by Gasteiger charge is 2.17. The van der Waals surface area contributed by atoms with Crippen LogP contribution >= 0.6 is 11.3 Å². The van der Waals surface area contributed by atoms with E-state index in [0.29, 0.717) is 16.5 Å². The molecule has 0 radical (unpaired) electrons. The molecule has 0 bridgehead atoms. The first-order chi connectivity index (χ1) is 11.4. The van der Waals surface area contributed by atoms with Crippen molar-refractivity contribution in [2.45, 2.75) is 26.9 Å². The summed E-state index contributed by atoms with van der Waals surface area (Å²) in [5.41, 5.74) is 0.824. The molecule has 1 N–H and O–H groups in total. The molecule has 2 aromatic heterocycles. The second-order valence-electron chi connectivity index (χ2n) is 5.28. The molecule has 0 unspecified atom stereocenters. The predicted molar refractivity (Wildman–Crippen MR) is 90.6 cm³/mol. The molecule has 8 heteroatoms. The minimum atomic E-state index is -0.747. The number of carbonyl (C=O) groups is 1. The van der Waals surface area contributed by atoms with Gasteiger partial charge < -0.3 is 9.15 Å². The Bertz CT molecular complexity index is 963. The maximum Gasteiger partial charge on any atom is 0.336 e. The molecule has 1 aromatic carbocycles. The Labute approximate surface area is 141 Å². The van der Waals surface area contributed by atoms with Gasteiger partial charge in [0.25, 0.3) is 5.91 Å². The Morgan fingerprint density at radius 3 is 2.79 bits per heavy atom. The highest BCUT2D eigenvalue weighted by Crippen LogP contribution is 2.23. The molecule has 0 spiro atoms. The molecule has 0 saturated heterocycles. The molecule has 0 aliphatic rings. The van der Waals surface area contributed by atoms with E-state index in [2.05, 4.69) is 15.5 Å². The molecule has 0 saturated carbocycles. The van der Waals surface area contributed by atoms with Crippen LogP contribution in [0.4, 0.5) is 5.13 Å². The van der Waals surface area contributed by atoms with Crippen molar-refractivity contribution in [2.75, 3.05) is 5.32 Å². The van der Waals surface area contributed by atoms with Gasteiger partial charge in [-0.15, -0.1) is 10.2 Å². The Hall–Kier alpha value is -2.74. The van der Waals surface area contributed by atoms with Gasteiger partial charge in [-0.05, 0) is 38.5 Å². The number of carbonyl (C=O) groups excluding carboxylic acids is 1. The van der Waals surface area contributed by atoms with Gasteiger partial charge in [-0.2, -0.15) is 0 Å². The lowest BCUT2D eigenvalue weighted by Crippen LogP contribution is -2.30. The average molecular weight is 345 g/mol. The summed E-state index contributed by atoms with van der Waals surface area (Å²) in [6.45, 7) is 5.26.